The highest BCUT2D eigenvalue weighted by atomic mass is 16.1. The van der Waals surface area contributed by atoms with Gasteiger partial charge in [-0.2, -0.15) is 0 Å². The summed E-state index contributed by atoms with van der Waals surface area (Å²) in [6.07, 6.45) is 0.890. The quantitative estimate of drug-likeness (QED) is 0.841. The molecule has 2 rings (SSSR count). The van der Waals surface area contributed by atoms with Crippen molar-refractivity contribution in [1.29, 1.82) is 0 Å². The molecule has 0 atom stereocenters. The number of nitrogens with two attached hydrogens (primary N) is 2. The Hall–Kier alpha value is -1.97. The summed E-state index contributed by atoms with van der Waals surface area (Å²) in [6.45, 7) is 1.00. The molecule has 0 radical (unpaired) electrons. The Morgan fingerprint density at radius 3 is 1.55 bits per heavy atom. The fourth-order valence-electron chi connectivity index (χ4n) is 2.25. The van der Waals surface area contributed by atoms with E-state index in [-0.39, 0.29) is 5.78 Å². The Morgan fingerprint density at radius 1 is 0.750 bits per heavy atom. The highest BCUT2D eigenvalue weighted by Crippen LogP contribution is 2.10. The number of hydrogen-bond donors (Lipinski definition) is 2. The minimum atomic E-state index is 0.202. The summed E-state index contributed by atoms with van der Waals surface area (Å²) < 4.78 is 0. The van der Waals surface area contributed by atoms with Gasteiger partial charge in [0.25, 0.3) is 0 Å². The molecule has 104 valence electrons. The molecule has 0 spiro atoms. The first kappa shape index (κ1) is 14.4. The molecular formula is C17H20N2O. The summed E-state index contributed by atoms with van der Waals surface area (Å²) in [5, 5.41) is 0. The monoisotopic (exact) mass is 268 g/mol. The van der Waals surface area contributed by atoms with Crippen molar-refractivity contribution < 1.29 is 4.79 Å². The summed E-state index contributed by atoms with van der Waals surface area (Å²) in [4.78, 5) is 12.1. The zero-order valence-corrected chi connectivity index (χ0v) is 11.5. The average molecular weight is 268 g/mol. The van der Waals surface area contributed by atoms with Crippen molar-refractivity contribution in [3.8, 4) is 0 Å². The van der Waals surface area contributed by atoms with E-state index < -0.39 is 0 Å². The number of rotatable bonds is 6. The fraction of sp³-hybridized carbons (Fsp3) is 0.235. The van der Waals surface area contributed by atoms with E-state index in [9.17, 15) is 4.79 Å². The molecule has 0 heterocycles. The number of benzene rings is 2. The third-order valence-corrected chi connectivity index (χ3v) is 3.26. The topological polar surface area (TPSA) is 69.1 Å². The van der Waals surface area contributed by atoms with Crippen LogP contribution in [0, 0.1) is 0 Å². The van der Waals surface area contributed by atoms with Crippen molar-refractivity contribution in [1.82, 2.24) is 0 Å². The van der Waals surface area contributed by atoms with Crippen LogP contribution in [-0.2, 0) is 30.7 Å². The fourth-order valence-corrected chi connectivity index (χ4v) is 2.25. The third-order valence-electron chi connectivity index (χ3n) is 3.26. The molecule has 0 saturated carbocycles. The molecule has 0 aromatic heterocycles. The molecule has 0 saturated heterocycles. The van der Waals surface area contributed by atoms with Crippen LogP contribution in [0.5, 0.6) is 0 Å². The van der Waals surface area contributed by atoms with Crippen molar-refractivity contribution in [2.75, 3.05) is 0 Å². The van der Waals surface area contributed by atoms with Gasteiger partial charge in [-0.05, 0) is 22.3 Å². The first-order chi connectivity index (χ1) is 9.71. The van der Waals surface area contributed by atoms with Crippen molar-refractivity contribution in [2.24, 2.45) is 11.5 Å². The van der Waals surface area contributed by atoms with Crippen LogP contribution in [0.3, 0.4) is 0 Å². The molecule has 0 aliphatic heterocycles. The molecule has 2 aromatic rings. The van der Waals surface area contributed by atoms with Gasteiger partial charge < -0.3 is 11.5 Å². The maximum atomic E-state index is 12.1. The summed E-state index contributed by atoms with van der Waals surface area (Å²) in [5.74, 6) is 0.202. The van der Waals surface area contributed by atoms with Crippen LogP contribution >= 0.6 is 0 Å². The molecule has 4 N–H and O–H groups in total. The molecule has 3 heteroatoms. The van der Waals surface area contributed by atoms with Gasteiger partial charge in [0.15, 0.2) is 0 Å². The van der Waals surface area contributed by atoms with E-state index in [2.05, 4.69) is 0 Å². The predicted molar refractivity (Wildman–Crippen MR) is 81.1 cm³/mol. The van der Waals surface area contributed by atoms with Crippen LogP contribution in [-0.4, -0.2) is 5.78 Å². The summed E-state index contributed by atoms with van der Waals surface area (Å²) >= 11 is 0. The highest BCUT2D eigenvalue weighted by Gasteiger charge is 2.06. The molecular weight excluding hydrogens is 248 g/mol. The Labute approximate surface area is 119 Å². The van der Waals surface area contributed by atoms with Gasteiger partial charge in [-0.3, -0.25) is 4.79 Å². The maximum absolute atomic E-state index is 12.1. The number of ketones is 1. The lowest BCUT2D eigenvalue weighted by Crippen LogP contribution is -2.08. The van der Waals surface area contributed by atoms with Crippen molar-refractivity contribution >= 4 is 5.78 Å². The predicted octanol–water partition coefficient (Wildman–Crippen LogP) is 1.96. The molecule has 3 nitrogen and oxygen atoms in total. The second kappa shape index (κ2) is 6.98. The molecule has 0 aliphatic rings. The highest BCUT2D eigenvalue weighted by molar-refractivity contribution is 5.83. The van der Waals surface area contributed by atoms with E-state index in [0.29, 0.717) is 25.9 Å². The molecule has 0 aliphatic carbocycles. The van der Waals surface area contributed by atoms with Crippen LogP contribution in [0.25, 0.3) is 0 Å². The van der Waals surface area contributed by atoms with E-state index in [0.717, 1.165) is 22.3 Å². The van der Waals surface area contributed by atoms with E-state index in [1.807, 2.05) is 48.5 Å². The third kappa shape index (κ3) is 4.02. The van der Waals surface area contributed by atoms with E-state index in [1.165, 1.54) is 0 Å². The Balaban J connectivity index is 2.01. The lowest BCUT2D eigenvalue weighted by molar-refractivity contribution is -0.117. The molecule has 0 amide bonds. The lowest BCUT2D eigenvalue weighted by atomic mass is 10.0. The van der Waals surface area contributed by atoms with Crippen LogP contribution in [0.1, 0.15) is 22.3 Å². The van der Waals surface area contributed by atoms with Gasteiger partial charge in [-0.25, -0.2) is 0 Å². The van der Waals surface area contributed by atoms with Gasteiger partial charge in [0.05, 0.1) is 0 Å². The molecule has 2 aromatic carbocycles. The van der Waals surface area contributed by atoms with E-state index in [4.69, 9.17) is 11.5 Å². The van der Waals surface area contributed by atoms with Gasteiger partial charge in [0.2, 0.25) is 0 Å². The summed E-state index contributed by atoms with van der Waals surface area (Å²) in [7, 11) is 0. The summed E-state index contributed by atoms with van der Waals surface area (Å²) in [5.41, 5.74) is 15.4. The number of hydrogen-bond acceptors (Lipinski definition) is 3. The molecule has 20 heavy (non-hydrogen) atoms. The standard InChI is InChI=1S/C17H20N2O/c18-11-15-5-1-3-13(7-15)9-17(20)10-14-4-2-6-16(8-14)12-19/h1-8H,9-12,18-19H2. The van der Waals surface area contributed by atoms with Crippen LogP contribution in [0.2, 0.25) is 0 Å². The Kier molecular flexibility index (Phi) is 5.04. The SMILES string of the molecule is NCc1cccc(CC(=O)Cc2cccc(CN)c2)c1. The van der Waals surface area contributed by atoms with Gasteiger partial charge in [0.1, 0.15) is 5.78 Å². The van der Waals surface area contributed by atoms with Crippen LogP contribution < -0.4 is 11.5 Å². The lowest BCUT2D eigenvalue weighted by Gasteiger charge is -2.05. The van der Waals surface area contributed by atoms with Crippen molar-refractivity contribution in [3.63, 3.8) is 0 Å². The number of carbonyl (C=O) groups excluding carboxylic acids is 1. The summed E-state index contributed by atoms with van der Waals surface area (Å²) in [6, 6.07) is 15.8. The Bertz CT molecular complexity index is 542. The molecule has 0 unspecified atom stereocenters. The number of carbonyl (C=O) groups is 1. The molecule has 0 fully saturated rings. The normalized spacial score (nSPS) is 10.5. The maximum Gasteiger partial charge on any atom is 0.141 e. The van der Waals surface area contributed by atoms with Crippen molar-refractivity contribution in [2.45, 2.75) is 25.9 Å². The number of Topliss-reactive ketones (excluding diaryl/α,β-unsaturated/α-hetero) is 1. The minimum Gasteiger partial charge on any atom is -0.326 e. The van der Waals surface area contributed by atoms with Gasteiger partial charge in [0, 0.05) is 25.9 Å². The molecule has 0 bridgehead atoms. The largest absolute Gasteiger partial charge is 0.326 e. The van der Waals surface area contributed by atoms with Gasteiger partial charge >= 0.3 is 0 Å². The van der Waals surface area contributed by atoms with Gasteiger partial charge in [-0.15, -0.1) is 0 Å². The zero-order chi connectivity index (χ0) is 14.4. The van der Waals surface area contributed by atoms with Crippen LogP contribution in [0.15, 0.2) is 48.5 Å². The van der Waals surface area contributed by atoms with Crippen LogP contribution in [0.4, 0.5) is 0 Å². The van der Waals surface area contributed by atoms with Gasteiger partial charge in [-0.1, -0.05) is 48.5 Å². The smallest absolute Gasteiger partial charge is 0.141 e. The van der Waals surface area contributed by atoms with Crippen molar-refractivity contribution in [3.05, 3.63) is 70.8 Å². The first-order valence-corrected chi connectivity index (χ1v) is 6.78. The van der Waals surface area contributed by atoms with E-state index in [1.54, 1.807) is 0 Å². The average Bonchev–Trinajstić information content (AvgIpc) is 2.47. The second-order valence-corrected chi connectivity index (χ2v) is 4.94. The minimum absolute atomic E-state index is 0.202. The first-order valence-electron chi connectivity index (χ1n) is 6.78. The zero-order valence-electron chi connectivity index (χ0n) is 11.5. The second-order valence-electron chi connectivity index (χ2n) is 4.94. The Morgan fingerprint density at radius 2 is 1.15 bits per heavy atom. The van der Waals surface area contributed by atoms with E-state index >= 15 is 0 Å².